The summed E-state index contributed by atoms with van der Waals surface area (Å²) in [5, 5.41) is 10.9. The summed E-state index contributed by atoms with van der Waals surface area (Å²) in [5.74, 6) is -0.103. The van der Waals surface area contributed by atoms with Crippen LogP contribution in [0.3, 0.4) is 0 Å². The molecule has 0 fully saturated rings. The SMILES string of the molecule is O=C(c1ccc([N+](=O)[O-])cc1)N1CCC2(C=CCCC2)Cc2ccccc21. The Morgan fingerprint density at radius 1 is 1.07 bits per heavy atom. The predicted molar refractivity (Wildman–Crippen MR) is 105 cm³/mol. The Kier molecular flexibility index (Phi) is 4.52. The van der Waals surface area contributed by atoms with Crippen molar-refractivity contribution < 1.29 is 9.72 Å². The van der Waals surface area contributed by atoms with Crippen molar-refractivity contribution in [1.29, 1.82) is 0 Å². The van der Waals surface area contributed by atoms with Crippen molar-refractivity contribution in [3.05, 3.63) is 81.9 Å². The molecule has 0 N–H and O–H groups in total. The van der Waals surface area contributed by atoms with Gasteiger partial charge in [0.1, 0.15) is 0 Å². The molecule has 0 saturated heterocycles. The lowest BCUT2D eigenvalue weighted by atomic mass is 9.72. The Morgan fingerprint density at radius 3 is 2.56 bits per heavy atom. The molecule has 0 bridgehead atoms. The van der Waals surface area contributed by atoms with Gasteiger partial charge >= 0.3 is 0 Å². The smallest absolute Gasteiger partial charge is 0.269 e. The van der Waals surface area contributed by atoms with E-state index in [4.69, 9.17) is 0 Å². The molecule has 0 aromatic heterocycles. The van der Waals surface area contributed by atoms with Crippen molar-refractivity contribution in [3.63, 3.8) is 0 Å². The number of nitro benzene ring substituents is 1. The van der Waals surface area contributed by atoms with Crippen LogP contribution in [0.2, 0.25) is 0 Å². The molecule has 1 heterocycles. The minimum atomic E-state index is -0.450. The second-order valence-electron chi connectivity index (χ2n) is 7.47. The number of anilines is 1. The third kappa shape index (κ3) is 3.37. The first-order valence-electron chi connectivity index (χ1n) is 9.40. The van der Waals surface area contributed by atoms with Gasteiger partial charge in [-0.2, -0.15) is 0 Å². The van der Waals surface area contributed by atoms with Crippen LogP contribution in [-0.2, 0) is 6.42 Å². The predicted octanol–water partition coefficient (Wildman–Crippen LogP) is 4.91. The first-order valence-corrected chi connectivity index (χ1v) is 9.40. The molecule has 1 atom stereocenters. The van der Waals surface area contributed by atoms with Gasteiger partial charge in [-0.25, -0.2) is 0 Å². The van der Waals surface area contributed by atoms with E-state index in [2.05, 4.69) is 18.2 Å². The molecule has 4 rings (SSSR count). The molecule has 0 saturated carbocycles. The average molecular weight is 362 g/mol. The first-order chi connectivity index (χ1) is 13.1. The molecule has 1 amide bonds. The number of carbonyl (C=O) groups excluding carboxylic acids is 1. The number of para-hydroxylation sites is 1. The van der Waals surface area contributed by atoms with Crippen molar-refractivity contribution in [2.45, 2.75) is 32.1 Å². The van der Waals surface area contributed by atoms with Crippen LogP contribution in [0.4, 0.5) is 11.4 Å². The highest BCUT2D eigenvalue weighted by Crippen LogP contribution is 2.43. The van der Waals surface area contributed by atoms with Crippen molar-refractivity contribution in [3.8, 4) is 0 Å². The van der Waals surface area contributed by atoms with E-state index in [9.17, 15) is 14.9 Å². The van der Waals surface area contributed by atoms with E-state index in [0.29, 0.717) is 12.1 Å². The Labute approximate surface area is 158 Å². The van der Waals surface area contributed by atoms with Crippen LogP contribution < -0.4 is 4.90 Å². The van der Waals surface area contributed by atoms with Crippen molar-refractivity contribution in [2.24, 2.45) is 5.41 Å². The summed E-state index contributed by atoms with van der Waals surface area (Å²) in [4.78, 5) is 25.5. The van der Waals surface area contributed by atoms with E-state index in [1.165, 1.54) is 24.1 Å². The number of nitrogens with zero attached hydrogens (tertiary/aromatic N) is 2. The molecule has 2 aliphatic rings. The van der Waals surface area contributed by atoms with Crippen LogP contribution in [0, 0.1) is 15.5 Å². The van der Waals surface area contributed by atoms with Gasteiger partial charge in [0.05, 0.1) is 4.92 Å². The van der Waals surface area contributed by atoms with E-state index >= 15 is 0 Å². The van der Waals surface area contributed by atoms with Crippen LogP contribution in [0.1, 0.15) is 41.6 Å². The number of benzene rings is 2. The Balaban J connectivity index is 1.68. The normalized spacial score (nSPS) is 21.6. The van der Waals surface area contributed by atoms with Gasteiger partial charge in [0.15, 0.2) is 0 Å². The minimum absolute atomic E-state index is 0.00545. The zero-order valence-electron chi connectivity index (χ0n) is 15.1. The lowest BCUT2D eigenvalue weighted by Crippen LogP contribution is -2.33. The molecule has 1 aliphatic carbocycles. The van der Waals surface area contributed by atoms with Gasteiger partial charge in [-0.3, -0.25) is 14.9 Å². The quantitative estimate of drug-likeness (QED) is 0.433. The fraction of sp³-hybridized carbons (Fsp3) is 0.318. The summed E-state index contributed by atoms with van der Waals surface area (Å²) >= 11 is 0. The maximum atomic E-state index is 13.2. The zero-order valence-corrected chi connectivity index (χ0v) is 15.1. The highest BCUT2D eigenvalue weighted by atomic mass is 16.6. The number of hydrogen-bond acceptors (Lipinski definition) is 3. The van der Waals surface area contributed by atoms with E-state index in [0.717, 1.165) is 31.4 Å². The van der Waals surface area contributed by atoms with Crippen LogP contribution >= 0.6 is 0 Å². The van der Waals surface area contributed by atoms with Crippen molar-refractivity contribution >= 4 is 17.3 Å². The van der Waals surface area contributed by atoms with Crippen LogP contribution in [0.25, 0.3) is 0 Å². The second kappa shape index (κ2) is 6.99. The number of carbonyl (C=O) groups is 1. The van der Waals surface area contributed by atoms with E-state index in [1.54, 1.807) is 12.1 Å². The molecular weight excluding hydrogens is 340 g/mol. The Morgan fingerprint density at radius 2 is 1.85 bits per heavy atom. The van der Waals surface area contributed by atoms with Crippen molar-refractivity contribution in [1.82, 2.24) is 0 Å². The van der Waals surface area contributed by atoms with E-state index in [-0.39, 0.29) is 17.0 Å². The lowest BCUT2D eigenvalue weighted by molar-refractivity contribution is -0.384. The van der Waals surface area contributed by atoms with Crippen LogP contribution in [0.15, 0.2) is 60.7 Å². The van der Waals surface area contributed by atoms with Gasteiger partial charge in [0.25, 0.3) is 11.6 Å². The number of hydrogen-bond donors (Lipinski definition) is 0. The molecule has 5 nitrogen and oxygen atoms in total. The van der Waals surface area contributed by atoms with Crippen LogP contribution in [-0.4, -0.2) is 17.4 Å². The second-order valence-corrected chi connectivity index (χ2v) is 7.47. The lowest BCUT2D eigenvalue weighted by Gasteiger charge is -2.32. The number of fused-ring (bicyclic) bond motifs is 1. The average Bonchev–Trinajstić information content (AvgIpc) is 2.85. The molecule has 2 aromatic rings. The highest BCUT2D eigenvalue weighted by molar-refractivity contribution is 6.06. The minimum Gasteiger partial charge on any atom is -0.308 e. The summed E-state index contributed by atoms with van der Waals surface area (Å²) in [6.07, 6.45) is 9.98. The summed E-state index contributed by atoms with van der Waals surface area (Å²) in [5.41, 5.74) is 2.74. The standard InChI is InChI=1S/C22H22N2O3/c25-21(17-8-10-19(11-9-17)24(26)27)23-15-14-22(12-4-1-5-13-22)16-18-6-2-3-7-20(18)23/h2-4,6-12H,1,5,13-16H2. The third-order valence-electron chi connectivity index (χ3n) is 5.75. The van der Waals surface area contributed by atoms with Gasteiger partial charge in [-0.05, 0) is 61.3 Å². The maximum absolute atomic E-state index is 13.2. The first kappa shape index (κ1) is 17.5. The maximum Gasteiger partial charge on any atom is 0.269 e. The summed E-state index contributed by atoms with van der Waals surface area (Å²) in [6, 6.07) is 14.0. The zero-order chi connectivity index (χ0) is 18.9. The summed E-state index contributed by atoms with van der Waals surface area (Å²) < 4.78 is 0. The fourth-order valence-corrected chi connectivity index (χ4v) is 4.28. The molecule has 0 radical (unpaired) electrons. The van der Waals surface area contributed by atoms with Crippen molar-refractivity contribution in [2.75, 3.05) is 11.4 Å². The van der Waals surface area contributed by atoms with Gasteiger partial charge in [0.2, 0.25) is 0 Å². The molecule has 1 unspecified atom stereocenters. The van der Waals surface area contributed by atoms with Gasteiger partial charge in [-0.15, -0.1) is 0 Å². The fourth-order valence-electron chi connectivity index (χ4n) is 4.28. The molecule has 2 aromatic carbocycles. The highest BCUT2D eigenvalue weighted by Gasteiger charge is 2.35. The number of non-ortho nitro benzene ring substituents is 1. The van der Waals surface area contributed by atoms with E-state index in [1.807, 2.05) is 23.1 Å². The molecule has 5 heteroatoms. The molecule has 1 spiro atoms. The molecule has 138 valence electrons. The largest absolute Gasteiger partial charge is 0.308 e. The number of amides is 1. The molecular formula is C22H22N2O3. The van der Waals surface area contributed by atoms with Gasteiger partial charge in [-0.1, -0.05) is 30.4 Å². The monoisotopic (exact) mass is 362 g/mol. The number of allylic oxidation sites excluding steroid dienone is 2. The van der Waals surface area contributed by atoms with Crippen LogP contribution in [0.5, 0.6) is 0 Å². The molecule has 1 aliphatic heterocycles. The summed E-state index contributed by atoms with van der Waals surface area (Å²) in [7, 11) is 0. The summed E-state index contributed by atoms with van der Waals surface area (Å²) in [6.45, 7) is 0.650. The van der Waals surface area contributed by atoms with Gasteiger partial charge < -0.3 is 4.90 Å². The van der Waals surface area contributed by atoms with E-state index < -0.39 is 4.92 Å². The van der Waals surface area contributed by atoms with Gasteiger partial charge in [0, 0.05) is 29.9 Å². The Bertz CT molecular complexity index is 904. The molecule has 27 heavy (non-hydrogen) atoms. The third-order valence-corrected chi connectivity index (χ3v) is 5.75. The topological polar surface area (TPSA) is 63.4 Å². The Hall–Kier alpha value is -2.95. The number of nitro groups is 1. The number of rotatable bonds is 2.